The summed E-state index contributed by atoms with van der Waals surface area (Å²) >= 11 is 5.91. The minimum Gasteiger partial charge on any atom is -0.447 e. The normalized spacial score (nSPS) is 27.2. The van der Waals surface area contributed by atoms with Gasteiger partial charge in [-0.15, -0.1) is 0 Å². The molecule has 0 radical (unpaired) electrons. The van der Waals surface area contributed by atoms with Gasteiger partial charge in [0.15, 0.2) is 0 Å². The fourth-order valence-electron chi connectivity index (χ4n) is 3.80. The third kappa shape index (κ3) is 3.65. The number of carbonyl (C=O) groups excluding carboxylic acids is 2. The molecule has 0 unspecified atom stereocenters. The van der Waals surface area contributed by atoms with E-state index in [0.29, 0.717) is 38.1 Å². The summed E-state index contributed by atoms with van der Waals surface area (Å²) in [6, 6.07) is 3.16. The van der Waals surface area contributed by atoms with Crippen LogP contribution in [0.4, 0.5) is 18.0 Å². The zero-order valence-electron chi connectivity index (χ0n) is 14.7. The number of nitrogens with one attached hydrogen (secondary N) is 1. The standard InChI is InChI=1S/C18H18ClF3N2O4/c19-14-3-12(18(20,21)22)2-1-10(14)8-27-13-6-24(7-13)15(25)11-4-17(5-11)9-28-16(26)23-17/h1-3,11,13H,4-9H2,(H,23,26)/t11-,17-. The number of cyclic esters (lactones) is 1. The first-order valence-corrected chi connectivity index (χ1v) is 9.24. The zero-order chi connectivity index (χ0) is 20.1. The van der Waals surface area contributed by atoms with Gasteiger partial charge in [-0.2, -0.15) is 13.2 Å². The van der Waals surface area contributed by atoms with E-state index in [-0.39, 0.29) is 29.6 Å². The van der Waals surface area contributed by atoms with Gasteiger partial charge in [-0.1, -0.05) is 17.7 Å². The van der Waals surface area contributed by atoms with Crippen molar-refractivity contribution in [2.45, 2.75) is 37.3 Å². The molecule has 10 heteroatoms. The van der Waals surface area contributed by atoms with Crippen LogP contribution in [0.1, 0.15) is 24.0 Å². The lowest BCUT2D eigenvalue weighted by atomic mass is 9.68. The van der Waals surface area contributed by atoms with E-state index < -0.39 is 23.4 Å². The quantitative estimate of drug-likeness (QED) is 0.816. The van der Waals surface area contributed by atoms with E-state index in [1.165, 1.54) is 6.07 Å². The Bertz CT molecular complexity index is 805. The third-order valence-corrected chi connectivity index (χ3v) is 5.84. The Morgan fingerprint density at radius 2 is 2.07 bits per heavy atom. The van der Waals surface area contributed by atoms with Gasteiger partial charge in [0, 0.05) is 24.0 Å². The summed E-state index contributed by atoms with van der Waals surface area (Å²) in [4.78, 5) is 25.3. The van der Waals surface area contributed by atoms with E-state index in [1.807, 2.05) is 0 Å². The van der Waals surface area contributed by atoms with Gasteiger partial charge < -0.3 is 19.7 Å². The summed E-state index contributed by atoms with van der Waals surface area (Å²) in [6.45, 7) is 1.25. The van der Waals surface area contributed by atoms with Gasteiger partial charge in [0.25, 0.3) is 0 Å². The van der Waals surface area contributed by atoms with E-state index in [1.54, 1.807) is 4.90 Å². The average Bonchev–Trinajstić information content (AvgIpc) is 2.94. The second-order valence-electron chi connectivity index (χ2n) is 7.57. The molecule has 4 rings (SSSR count). The predicted octanol–water partition coefficient (Wildman–Crippen LogP) is 2.97. The second kappa shape index (κ2) is 6.81. The minimum absolute atomic E-state index is 0.00248. The van der Waals surface area contributed by atoms with Gasteiger partial charge in [0.2, 0.25) is 5.91 Å². The summed E-state index contributed by atoms with van der Waals surface area (Å²) in [7, 11) is 0. The lowest BCUT2D eigenvalue weighted by molar-refractivity contribution is -0.155. The molecule has 1 aromatic carbocycles. The lowest BCUT2D eigenvalue weighted by Gasteiger charge is -2.47. The number of nitrogens with zero attached hydrogens (tertiary/aromatic N) is 1. The van der Waals surface area contributed by atoms with E-state index in [0.717, 1.165) is 12.1 Å². The molecule has 3 aliphatic rings. The number of benzene rings is 1. The zero-order valence-corrected chi connectivity index (χ0v) is 15.5. The number of halogens is 4. The molecule has 28 heavy (non-hydrogen) atoms. The number of likely N-dealkylation sites (tertiary alicyclic amines) is 1. The Kier molecular flexibility index (Phi) is 4.70. The van der Waals surface area contributed by atoms with E-state index in [4.69, 9.17) is 21.1 Å². The fourth-order valence-corrected chi connectivity index (χ4v) is 4.04. The van der Waals surface area contributed by atoms with E-state index >= 15 is 0 Å². The SMILES string of the molecule is O=C1N[C@]2(CO1)C[C@@H](C(=O)N1CC(OCc3ccc(C(F)(F)F)cc3Cl)C1)C2. The summed E-state index contributed by atoms with van der Waals surface area (Å²) in [6.07, 6.45) is -3.91. The molecule has 2 saturated heterocycles. The summed E-state index contributed by atoms with van der Waals surface area (Å²) < 4.78 is 48.5. The van der Waals surface area contributed by atoms with Crippen molar-refractivity contribution >= 4 is 23.6 Å². The Balaban J connectivity index is 1.21. The van der Waals surface area contributed by atoms with Crippen LogP contribution in [0.2, 0.25) is 5.02 Å². The van der Waals surface area contributed by atoms with Crippen molar-refractivity contribution < 1.29 is 32.2 Å². The molecular formula is C18H18ClF3N2O4. The molecule has 1 saturated carbocycles. The van der Waals surface area contributed by atoms with Crippen LogP contribution in [-0.2, 0) is 27.1 Å². The van der Waals surface area contributed by atoms with Crippen molar-refractivity contribution in [1.82, 2.24) is 10.2 Å². The molecule has 1 spiro atoms. The number of hydrogen-bond donors (Lipinski definition) is 1. The Morgan fingerprint density at radius 1 is 1.36 bits per heavy atom. The van der Waals surface area contributed by atoms with Gasteiger partial charge in [-0.05, 0) is 30.5 Å². The number of amides is 2. The number of ether oxygens (including phenoxy) is 2. The highest BCUT2D eigenvalue weighted by Crippen LogP contribution is 2.42. The van der Waals surface area contributed by atoms with Gasteiger partial charge in [0.05, 0.1) is 23.8 Å². The topological polar surface area (TPSA) is 67.9 Å². The van der Waals surface area contributed by atoms with Crippen LogP contribution >= 0.6 is 11.6 Å². The molecular weight excluding hydrogens is 401 g/mol. The molecule has 2 amide bonds. The highest BCUT2D eigenvalue weighted by molar-refractivity contribution is 6.31. The monoisotopic (exact) mass is 418 g/mol. The molecule has 0 atom stereocenters. The first-order chi connectivity index (χ1) is 13.2. The van der Waals surface area contributed by atoms with Crippen LogP contribution in [0.15, 0.2) is 18.2 Å². The Labute approximate surface area is 163 Å². The molecule has 2 aliphatic heterocycles. The molecule has 1 N–H and O–H groups in total. The number of carbonyl (C=O) groups is 2. The van der Waals surface area contributed by atoms with Gasteiger partial charge in [-0.3, -0.25) is 4.79 Å². The number of hydrogen-bond acceptors (Lipinski definition) is 4. The predicted molar refractivity (Wildman–Crippen MR) is 91.5 cm³/mol. The number of alkyl carbamates (subject to hydrolysis) is 1. The van der Waals surface area contributed by atoms with E-state index in [2.05, 4.69) is 5.32 Å². The molecule has 1 aromatic rings. The van der Waals surface area contributed by atoms with Gasteiger partial charge in [-0.25, -0.2) is 4.79 Å². The van der Waals surface area contributed by atoms with Crippen molar-refractivity contribution in [2.24, 2.45) is 5.92 Å². The minimum atomic E-state index is -4.44. The first kappa shape index (κ1) is 19.3. The van der Waals surface area contributed by atoms with Crippen LogP contribution < -0.4 is 5.32 Å². The maximum absolute atomic E-state index is 12.7. The molecule has 1 aliphatic carbocycles. The van der Waals surface area contributed by atoms with E-state index in [9.17, 15) is 22.8 Å². The summed E-state index contributed by atoms with van der Waals surface area (Å²) in [5.74, 6) is -0.105. The van der Waals surface area contributed by atoms with Crippen molar-refractivity contribution in [2.75, 3.05) is 19.7 Å². The maximum atomic E-state index is 12.7. The maximum Gasteiger partial charge on any atom is 0.416 e. The van der Waals surface area contributed by atoms with Crippen LogP contribution in [0.3, 0.4) is 0 Å². The van der Waals surface area contributed by atoms with Crippen LogP contribution in [0, 0.1) is 5.92 Å². The molecule has 2 heterocycles. The van der Waals surface area contributed by atoms with Crippen molar-refractivity contribution in [1.29, 1.82) is 0 Å². The summed E-state index contributed by atoms with van der Waals surface area (Å²) in [5.41, 5.74) is -0.724. The van der Waals surface area contributed by atoms with Gasteiger partial charge in [0.1, 0.15) is 6.61 Å². The van der Waals surface area contributed by atoms with Crippen LogP contribution in [0.25, 0.3) is 0 Å². The van der Waals surface area contributed by atoms with Crippen molar-refractivity contribution in [3.63, 3.8) is 0 Å². The second-order valence-corrected chi connectivity index (χ2v) is 7.97. The average molecular weight is 419 g/mol. The largest absolute Gasteiger partial charge is 0.447 e. The highest BCUT2D eigenvalue weighted by Gasteiger charge is 2.54. The first-order valence-electron chi connectivity index (χ1n) is 8.86. The van der Waals surface area contributed by atoms with Crippen molar-refractivity contribution in [3.05, 3.63) is 34.3 Å². The van der Waals surface area contributed by atoms with Gasteiger partial charge >= 0.3 is 12.3 Å². The van der Waals surface area contributed by atoms with Crippen LogP contribution in [0.5, 0.6) is 0 Å². The van der Waals surface area contributed by atoms with Crippen molar-refractivity contribution in [3.8, 4) is 0 Å². The number of rotatable bonds is 4. The lowest BCUT2D eigenvalue weighted by Crippen LogP contribution is -2.62. The summed E-state index contributed by atoms with van der Waals surface area (Å²) in [5, 5.41) is 2.76. The van der Waals surface area contributed by atoms with Crippen LogP contribution in [-0.4, -0.2) is 48.2 Å². The molecule has 3 fully saturated rings. The fraction of sp³-hybridized carbons (Fsp3) is 0.556. The Morgan fingerprint density at radius 3 is 2.64 bits per heavy atom. The number of alkyl halides is 3. The molecule has 152 valence electrons. The third-order valence-electron chi connectivity index (χ3n) is 5.48. The molecule has 0 aromatic heterocycles. The Hall–Kier alpha value is -2.00. The molecule has 0 bridgehead atoms. The highest BCUT2D eigenvalue weighted by atomic mass is 35.5. The molecule has 6 nitrogen and oxygen atoms in total. The smallest absolute Gasteiger partial charge is 0.416 e.